The third-order valence-corrected chi connectivity index (χ3v) is 3.61. The monoisotopic (exact) mass is 242 g/mol. The molecule has 4 heteroatoms. The van der Waals surface area contributed by atoms with E-state index < -0.39 is 0 Å². The van der Waals surface area contributed by atoms with E-state index in [2.05, 4.69) is 12.2 Å². The van der Waals surface area contributed by atoms with E-state index in [0.717, 1.165) is 32.1 Å². The van der Waals surface area contributed by atoms with E-state index in [1.54, 1.807) is 0 Å². The molecule has 1 saturated carbocycles. The average molecular weight is 242 g/mol. The zero-order valence-electron chi connectivity index (χ0n) is 10.8. The van der Waals surface area contributed by atoms with Crippen LogP contribution in [0, 0.1) is 11.8 Å². The van der Waals surface area contributed by atoms with Gasteiger partial charge in [-0.25, -0.2) is 0 Å². The van der Waals surface area contributed by atoms with Crippen molar-refractivity contribution >= 4 is 5.91 Å². The Hall–Kier alpha value is -0.610. The Bertz CT molecular complexity index is 233. The Labute approximate surface area is 104 Å². The third-order valence-electron chi connectivity index (χ3n) is 3.61. The lowest BCUT2D eigenvalue weighted by atomic mass is 9.87. The van der Waals surface area contributed by atoms with E-state index in [-0.39, 0.29) is 12.0 Å². The first-order valence-corrected chi connectivity index (χ1v) is 6.76. The second-order valence-electron chi connectivity index (χ2n) is 5.37. The van der Waals surface area contributed by atoms with Crippen molar-refractivity contribution in [3.8, 4) is 0 Å². The maximum Gasteiger partial charge on any atom is 0.220 e. The maximum absolute atomic E-state index is 11.6. The minimum atomic E-state index is -0.164. The summed E-state index contributed by atoms with van der Waals surface area (Å²) < 4.78 is 0. The summed E-state index contributed by atoms with van der Waals surface area (Å²) in [4.78, 5) is 11.6. The van der Waals surface area contributed by atoms with Crippen molar-refractivity contribution in [2.45, 2.75) is 51.6 Å². The molecular weight excluding hydrogens is 216 g/mol. The van der Waals surface area contributed by atoms with Crippen LogP contribution in [0.3, 0.4) is 0 Å². The van der Waals surface area contributed by atoms with Gasteiger partial charge in [0.15, 0.2) is 0 Å². The number of carbonyl (C=O) groups excluding carboxylic acids is 1. The highest BCUT2D eigenvalue weighted by molar-refractivity contribution is 5.75. The molecule has 1 rings (SSSR count). The van der Waals surface area contributed by atoms with Gasteiger partial charge >= 0.3 is 0 Å². The van der Waals surface area contributed by atoms with Crippen molar-refractivity contribution < 1.29 is 9.90 Å². The molecule has 0 bridgehead atoms. The van der Waals surface area contributed by atoms with Gasteiger partial charge in [-0.15, -0.1) is 0 Å². The Morgan fingerprint density at radius 1 is 1.53 bits per heavy atom. The minimum absolute atomic E-state index is 0.116. The van der Waals surface area contributed by atoms with Crippen LogP contribution in [-0.2, 0) is 4.79 Å². The quantitative estimate of drug-likeness (QED) is 0.651. The van der Waals surface area contributed by atoms with Crippen LogP contribution in [-0.4, -0.2) is 30.2 Å². The van der Waals surface area contributed by atoms with E-state index in [0.29, 0.717) is 31.3 Å². The standard InChI is InChI=1S/C13H26N2O2/c1-10(8-14)5-6-13(17)15-9-11-3-2-4-12(16)7-11/h10-12,16H,2-9,14H2,1H3,(H,15,17). The minimum Gasteiger partial charge on any atom is -0.393 e. The van der Waals surface area contributed by atoms with Gasteiger partial charge in [0.05, 0.1) is 6.10 Å². The maximum atomic E-state index is 11.6. The molecule has 100 valence electrons. The van der Waals surface area contributed by atoms with E-state index >= 15 is 0 Å². The normalized spacial score (nSPS) is 26.5. The number of amides is 1. The van der Waals surface area contributed by atoms with Crippen molar-refractivity contribution in [3.63, 3.8) is 0 Å². The van der Waals surface area contributed by atoms with Crippen LogP contribution in [0.5, 0.6) is 0 Å². The summed E-state index contributed by atoms with van der Waals surface area (Å²) in [6, 6.07) is 0. The van der Waals surface area contributed by atoms with Crippen LogP contribution in [0.25, 0.3) is 0 Å². The number of hydrogen-bond donors (Lipinski definition) is 3. The second-order valence-corrected chi connectivity index (χ2v) is 5.37. The third kappa shape index (κ3) is 6.03. The van der Waals surface area contributed by atoms with Crippen molar-refractivity contribution in [3.05, 3.63) is 0 Å². The molecule has 1 aliphatic carbocycles. The number of nitrogens with two attached hydrogens (primary N) is 1. The average Bonchev–Trinajstić information content (AvgIpc) is 2.33. The molecule has 0 aromatic rings. The number of rotatable bonds is 6. The van der Waals surface area contributed by atoms with E-state index in [1.165, 1.54) is 0 Å². The lowest BCUT2D eigenvalue weighted by Gasteiger charge is -2.25. The second kappa shape index (κ2) is 7.67. The van der Waals surface area contributed by atoms with E-state index in [1.807, 2.05) is 0 Å². The first-order valence-electron chi connectivity index (χ1n) is 6.76. The molecule has 4 N–H and O–H groups in total. The van der Waals surface area contributed by atoms with Crippen LogP contribution < -0.4 is 11.1 Å². The number of hydrogen-bond acceptors (Lipinski definition) is 3. The van der Waals surface area contributed by atoms with Gasteiger partial charge in [0.25, 0.3) is 0 Å². The molecular formula is C13H26N2O2. The summed E-state index contributed by atoms with van der Waals surface area (Å²) >= 11 is 0. The highest BCUT2D eigenvalue weighted by atomic mass is 16.3. The van der Waals surface area contributed by atoms with Gasteiger partial charge in [0.1, 0.15) is 0 Å². The largest absolute Gasteiger partial charge is 0.393 e. The first-order chi connectivity index (χ1) is 8.11. The zero-order valence-corrected chi connectivity index (χ0v) is 10.8. The van der Waals surface area contributed by atoms with E-state index in [9.17, 15) is 9.90 Å². The number of aliphatic hydroxyl groups is 1. The summed E-state index contributed by atoms with van der Waals surface area (Å²) in [7, 11) is 0. The summed E-state index contributed by atoms with van der Waals surface area (Å²) in [5, 5.41) is 12.5. The number of nitrogens with one attached hydrogen (secondary N) is 1. The first kappa shape index (κ1) is 14.5. The molecule has 0 aliphatic heterocycles. The van der Waals surface area contributed by atoms with Crippen LogP contribution in [0.2, 0.25) is 0 Å². The fourth-order valence-corrected chi connectivity index (χ4v) is 2.29. The van der Waals surface area contributed by atoms with Gasteiger partial charge in [-0.3, -0.25) is 4.79 Å². The molecule has 1 fully saturated rings. The summed E-state index contributed by atoms with van der Waals surface area (Å²) in [6.07, 6.45) is 5.20. The molecule has 0 saturated heterocycles. The van der Waals surface area contributed by atoms with Gasteiger partial charge in [0, 0.05) is 13.0 Å². The lowest BCUT2D eigenvalue weighted by Crippen LogP contribution is -2.33. The van der Waals surface area contributed by atoms with Gasteiger partial charge in [0.2, 0.25) is 5.91 Å². The zero-order chi connectivity index (χ0) is 12.7. The molecule has 3 unspecified atom stereocenters. The summed E-state index contributed by atoms with van der Waals surface area (Å²) in [6.45, 7) is 3.42. The fraction of sp³-hybridized carbons (Fsp3) is 0.923. The predicted octanol–water partition coefficient (Wildman–Crippen LogP) is 1.03. The Morgan fingerprint density at radius 2 is 2.29 bits per heavy atom. The van der Waals surface area contributed by atoms with Crippen molar-refractivity contribution in [2.75, 3.05) is 13.1 Å². The SMILES string of the molecule is CC(CN)CCC(=O)NCC1CCCC(O)C1. The molecule has 0 aromatic carbocycles. The van der Waals surface area contributed by atoms with Gasteiger partial charge in [-0.1, -0.05) is 13.3 Å². The van der Waals surface area contributed by atoms with Gasteiger partial charge in [-0.2, -0.15) is 0 Å². The van der Waals surface area contributed by atoms with Crippen LogP contribution >= 0.6 is 0 Å². The van der Waals surface area contributed by atoms with Gasteiger partial charge < -0.3 is 16.2 Å². The predicted molar refractivity (Wildman–Crippen MR) is 68.4 cm³/mol. The van der Waals surface area contributed by atoms with Gasteiger partial charge in [-0.05, 0) is 44.1 Å². The molecule has 17 heavy (non-hydrogen) atoms. The molecule has 0 radical (unpaired) electrons. The lowest BCUT2D eigenvalue weighted by molar-refractivity contribution is -0.121. The molecule has 0 heterocycles. The fourth-order valence-electron chi connectivity index (χ4n) is 2.29. The topological polar surface area (TPSA) is 75.4 Å². The van der Waals surface area contributed by atoms with Crippen molar-refractivity contribution in [1.29, 1.82) is 0 Å². The number of aliphatic hydroxyl groups excluding tert-OH is 1. The smallest absolute Gasteiger partial charge is 0.220 e. The van der Waals surface area contributed by atoms with E-state index in [4.69, 9.17) is 5.73 Å². The van der Waals surface area contributed by atoms with Crippen LogP contribution in [0.15, 0.2) is 0 Å². The highest BCUT2D eigenvalue weighted by Crippen LogP contribution is 2.23. The Kier molecular flexibility index (Phi) is 6.52. The molecule has 1 amide bonds. The molecule has 4 nitrogen and oxygen atoms in total. The van der Waals surface area contributed by atoms with Crippen molar-refractivity contribution in [1.82, 2.24) is 5.32 Å². The molecule has 0 aromatic heterocycles. The van der Waals surface area contributed by atoms with Crippen LogP contribution in [0.1, 0.15) is 45.4 Å². The summed E-state index contributed by atoms with van der Waals surface area (Å²) in [5.41, 5.74) is 5.50. The Balaban J connectivity index is 2.10. The molecule has 0 spiro atoms. The number of carbonyl (C=O) groups is 1. The molecule has 3 atom stereocenters. The van der Waals surface area contributed by atoms with Crippen LogP contribution in [0.4, 0.5) is 0 Å². The molecule has 1 aliphatic rings. The Morgan fingerprint density at radius 3 is 2.94 bits per heavy atom. The summed E-state index contributed by atoms with van der Waals surface area (Å²) in [5.74, 6) is 0.984. The van der Waals surface area contributed by atoms with Crippen molar-refractivity contribution in [2.24, 2.45) is 17.6 Å². The highest BCUT2D eigenvalue weighted by Gasteiger charge is 2.20.